The van der Waals surface area contributed by atoms with E-state index in [0.717, 1.165) is 13.0 Å². The SMILES string of the molecule is Cc1nn(C(C)C)cc1S(=O)(=O)NCCCN(C)C. The topological polar surface area (TPSA) is 67.2 Å². The quantitative estimate of drug-likeness (QED) is 0.760. The second-order valence-corrected chi connectivity index (χ2v) is 6.94. The van der Waals surface area contributed by atoms with Crippen molar-refractivity contribution >= 4 is 10.0 Å². The van der Waals surface area contributed by atoms with Crippen molar-refractivity contribution < 1.29 is 8.42 Å². The number of sulfonamides is 1. The van der Waals surface area contributed by atoms with E-state index in [0.29, 0.717) is 12.2 Å². The second-order valence-electron chi connectivity index (χ2n) is 5.21. The van der Waals surface area contributed by atoms with Crippen LogP contribution < -0.4 is 4.72 Å². The van der Waals surface area contributed by atoms with Gasteiger partial charge in [0.25, 0.3) is 0 Å². The van der Waals surface area contributed by atoms with Crippen molar-refractivity contribution in [3.8, 4) is 0 Å². The van der Waals surface area contributed by atoms with E-state index in [1.54, 1.807) is 17.8 Å². The van der Waals surface area contributed by atoms with Gasteiger partial charge in [0.05, 0.1) is 5.69 Å². The van der Waals surface area contributed by atoms with Crippen LogP contribution in [0.5, 0.6) is 0 Å². The zero-order chi connectivity index (χ0) is 14.6. The molecule has 0 saturated heterocycles. The molecule has 110 valence electrons. The van der Waals surface area contributed by atoms with Gasteiger partial charge in [0.2, 0.25) is 10.0 Å². The molecule has 0 bridgehead atoms. The molecular formula is C12H24N4O2S. The average molecular weight is 288 g/mol. The molecule has 1 rings (SSSR count). The van der Waals surface area contributed by atoms with Gasteiger partial charge in [-0.25, -0.2) is 13.1 Å². The van der Waals surface area contributed by atoms with Crippen molar-refractivity contribution in [3.63, 3.8) is 0 Å². The van der Waals surface area contributed by atoms with Crippen LogP contribution in [0.25, 0.3) is 0 Å². The number of aromatic nitrogens is 2. The lowest BCUT2D eigenvalue weighted by Crippen LogP contribution is -2.27. The molecule has 1 aromatic rings. The van der Waals surface area contributed by atoms with E-state index in [1.807, 2.05) is 32.8 Å². The molecule has 0 unspecified atom stereocenters. The predicted molar refractivity (Wildman–Crippen MR) is 75.7 cm³/mol. The number of rotatable bonds is 7. The summed E-state index contributed by atoms with van der Waals surface area (Å²) in [6.07, 6.45) is 2.37. The van der Waals surface area contributed by atoms with Crippen LogP contribution >= 0.6 is 0 Å². The molecule has 0 spiro atoms. The van der Waals surface area contributed by atoms with Crippen LogP contribution in [-0.2, 0) is 10.0 Å². The number of hydrogen-bond acceptors (Lipinski definition) is 4. The molecule has 0 atom stereocenters. The maximum atomic E-state index is 12.2. The zero-order valence-electron chi connectivity index (χ0n) is 12.3. The van der Waals surface area contributed by atoms with Crippen LogP contribution in [0.15, 0.2) is 11.1 Å². The van der Waals surface area contributed by atoms with Crippen LogP contribution in [0.1, 0.15) is 32.0 Å². The van der Waals surface area contributed by atoms with Gasteiger partial charge in [0, 0.05) is 18.8 Å². The molecule has 0 radical (unpaired) electrons. The molecule has 0 aromatic carbocycles. The summed E-state index contributed by atoms with van der Waals surface area (Å²) >= 11 is 0. The highest BCUT2D eigenvalue weighted by atomic mass is 32.2. The van der Waals surface area contributed by atoms with E-state index in [9.17, 15) is 8.42 Å². The Morgan fingerprint density at radius 3 is 2.53 bits per heavy atom. The van der Waals surface area contributed by atoms with E-state index in [4.69, 9.17) is 0 Å². The van der Waals surface area contributed by atoms with E-state index in [-0.39, 0.29) is 10.9 Å². The molecule has 0 saturated carbocycles. The van der Waals surface area contributed by atoms with Gasteiger partial charge in [-0.2, -0.15) is 5.10 Å². The first kappa shape index (κ1) is 16.1. The first-order valence-corrected chi connectivity index (χ1v) is 7.92. The molecule has 6 nitrogen and oxygen atoms in total. The Morgan fingerprint density at radius 1 is 1.42 bits per heavy atom. The summed E-state index contributed by atoms with van der Waals surface area (Å²) < 4.78 is 28.6. The molecule has 1 aromatic heterocycles. The minimum atomic E-state index is -3.45. The summed E-state index contributed by atoms with van der Waals surface area (Å²) in [5.74, 6) is 0. The van der Waals surface area contributed by atoms with E-state index in [1.165, 1.54) is 0 Å². The van der Waals surface area contributed by atoms with Gasteiger partial charge in [-0.3, -0.25) is 4.68 Å². The van der Waals surface area contributed by atoms with Crippen molar-refractivity contribution in [1.29, 1.82) is 0 Å². The lowest BCUT2D eigenvalue weighted by Gasteiger charge is -2.10. The van der Waals surface area contributed by atoms with Crippen molar-refractivity contribution in [1.82, 2.24) is 19.4 Å². The van der Waals surface area contributed by atoms with Gasteiger partial charge >= 0.3 is 0 Å². The third kappa shape index (κ3) is 4.59. The fraction of sp³-hybridized carbons (Fsp3) is 0.750. The fourth-order valence-corrected chi connectivity index (χ4v) is 2.92. The third-order valence-electron chi connectivity index (χ3n) is 2.76. The first-order chi connectivity index (χ1) is 8.74. The van der Waals surface area contributed by atoms with Gasteiger partial charge in [-0.1, -0.05) is 0 Å². The Kier molecular flexibility index (Phi) is 5.51. The van der Waals surface area contributed by atoms with Gasteiger partial charge in [0.1, 0.15) is 4.90 Å². The molecule has 1 heterocycles. The predicted octanol–water partition coefficient (Wildman–Crippen LogP) is 1.00. The van der Waals surface area contributed by atoms with E-state index >= 15 is 0 Å². The largest absolute Gasteiger partial charge is 0.309 e. The summed E-state index contributed by atoms with van der Waals surface area (Å²) in [4.78, 5) is 2.29. The normalized spacial score (nSPS) is 12.6. The maximum Gasteiger partial charge on any atom is 0.243 e. The van der Waals surface area contributed by atoms with Crippen LogP contribution in [0.2, 0.25) is 0 Å². The molecule has 0 aliphatic carbocycles. The van der Waals surface area contributed by atoms with Gasteiger partial charge in [-0.05, 0) is 47.8 Å². The van der Waals surface area contributed by atoms with Crippen LogP contribution in [-0.4, -0.2) is 50.3 Å². The lowest BCUT2D eigenvalue weighted by molar-refractivity contribution is 0.400. The van der Waals surface area contributed by atoms with Crippen molar-refractivity contribution in [3.05, 3.63) is 11.9 Å². The lowest BCUT2D eigenvalue weighted by atomic mass is 10.4. The Labute approximate surface area is 115 Å². The Bertz CT molecular complexity index is 506. The minimum Gasteiger partial charge on any atom is -0.309 e. The summed E-state index contributed by atoms with van der Waals surface area (Å²) in [7, 11) is 0.474. The van der Waals surface area contributed by atoms with Gasteiger partial charge < -0.3 is 4.90 Å². The minimum absolute atomic E-state index is 0.149. The van der Waals surface area contributed by atoms with E-state index < -0.39 is 10.0 Å². The highest BCUT2D eigenvalue weighted by Crippen LogP contribution is 2.15. The fourth-order valence-electron chi connectivity index (χ4n) is 1.67. The summed E-state index contributed by atoms with van der Waals surface area (Å²) in [5, 5.41) is 4.22. The number of aryl methyl sites for hydroxylation is 1. The first-order valence-electron chi connectivity index (χ1n) is 6.44. The maximum absolute atomic E-state index is 12.2. The van der Waals surface area contributed by atoms with Gasteiger partial charge in [0.15, 0.2) is 0 Å². The summed E-state index contributed by atoms with van der Waals surface area (Å²) in [5.41, 5.74) is 0.536. The molecular weight excluding hydrogens is 264 g/mol. The number of nitrogens with one attached hydrogen (secondary N) is 1. The monoisotopic (exact) mass is 288 g/mol. The Hall–Kier alpha value is -0.920. The summed E-state index contributed by atoms with van der Waals surface area (Å²) in [6, 6.07) is 0.149. The highest BCUT2D eigenvalue weighted by Gasteiger charge is 2.20. The van der Waals surface area contributed by atoms with Crippen molar-refractivity contribution in [2.75, 3.05) is 27.2 Å². The molecule has 1 N–H and O–H groups in total. The van der Waals surface area contributed by atoms with Crippen LogP contribution in [0.3, 0.4) is 0 Å². The van der Waals surface area contributed by atoms with Crippen LogP contribution in [0.4, 0.5) is 0 Å². The number of hydrogen-bond donors (Lipinski definition) is 1. The average Bonchev–Trinajstić information content (AvgIpc) is 2.67. The molecule has 0 aliphatic rings. The van der Waals surface area contributed by atoms with Crippen molar-refractivity contribution in [2.45, 2.75) is 38.1 Å². The Balaban J connectivity index is 2.72. The number of nitrogens with zero attached hydrogens (tertiary/aromatic N) is 3. The second kappa shape index (κ2) is 6.49. The van der Waals surface area contributed by atoms with Gasteiger partial charge in [-0.15, -0.1) is 0 Å². The molecule has 0 aliphatic heterocycles. The smallest absolute Gasteiger partial charge is 0.243 e. The third-order valence-corrected chi connectivity index (χ3v) is 4.33. The molecule has 19 heavy (non-hydrogen) atoms. The van der Waals surface area contributed by atoms with Crippen LogP contribution in [0, 0.1) is 6.92 Å². The standard InChI is InChI=1S/C12H24N4O2S/c1-10(2)16-9-12(11(3)14-16)19(17,18)13-7-6-8-15(4)5/h9-10,13H,6-8H2,1-5H3. The molecule has 7 heteroatoms. The summed E-state index contributed by atoms with van der Waals surface area (Å²) in [6.45, 7) is 6.94. The van der Waals surface area contributed by atoms with E-state index in [2.05, 4.69) is 9.82 Å². The molecule has 0 amide bonds. The molecule has 0 fully saturated rings. The highest BCUT2D eigenvalue weighted by molar-refractivity contribution is 7.89. The van der Waals surface area contributed by atoms with Crippen molar-refractivity contribution in [2.24, 2.45) is 0 Å². The zero-order valence-corrected chi connectivity index (χ0v) is 13.2. The Morgan fingerprint density at radius 2 is 2.05 bits per heavy atom.